The molecule has 0 aliphatic rings. The Labute approximate surface area is 169 Å². The topological polar surface area (TPSA) is 83.8 Å². The predicted octanol–water partition coefficient (Wildman–Crippen LogP) is 4.97. The fourth-order valence-corrected chi connectivity index (χ4v) is 3.60. The molecule has 0 aliphatic heterocycles. The van der Waals surface area contributed by atoms with Gasteiger partial charge in [-0.3, -0.25) is 4.79 Å². The van der Waals surface area contributed by atoms with Crippen LogP contribution in [0, 0.1) is 11.6 Å². The third-order valence-corrected chi connectivity index (χ3v) is 5.25. The smallest absolute Gasteiger partial charge is 0.255 e. The summed E-state index contributed by atoms with van der Waals surface area (Å²) in [5.74, 6) is -1.50. The molecule has 3 aromatic carbocycles. The van der Waals surface area contributed by atoms with E-state index in [2.05, 4.69) is 15.3 Å². The molecule has 5 nitrogen and oxygen atoms in total. The number of nitrogens with zero attached hydrogens (tertiary/aromatic N) is 1. The number of thioether (sulfide) groups is 1. The number of aromatic amines is 1. The first-order valence-electron chi connectivity index (χ1n) is 8.72. The van der Waals surface area contributed by atoms with E-state index >= 15 is 0 Å². The van der Waals surface area contributed by atoms with Gasteiger partial charge in [-0.15, -0.1) is 0 Å². The van der Waals surface area contributed by atoms with Gasteiger partial charge in [-0.1, -0.05) is 36.0 Å². The van der Waals surface area contributed by atoms with Crippen molar-refractivity contribution in [3.05, 3.63) is 83.4 Å². The summed E-state index contributed by atoms with van der Waals surface area (Å²) < 4.78 is 26.6. The fourth-order valence-electron chi connectivity index (χ4n) is 2.76. The summed E-state index contributed by atoms with van der Waals surface area (Å²) in [5, 5.41) is 3.34. The van der Waals surface area contributed by atoms with Crippen molar-refractivity contribution in [2.75, 3.05) is 11.1 Å². The number of rotatable bonds is 5. The number of nitrogens with one attached hydrogen (secondary N) is 2. The second-order valence-electron chi connectivity index (χ2n) is 6.35. The molecule has 1 aromatic heterocycles. The summed E-state index contributed by atoms with van der Waals surface area (Å²) >= 11 is 1.40. The van der Waals surface area contributed by atoms with Crippen molar-refractivity contribution in [1.29, 1.82) is 0 Å². The number of nitrogens with two attached hydrogens (primary N) is 1. The van der Waals surface area contributed by atoms with Crippen LogP contribution in [-0.4, -0.2) is 15.9 Å². The van der Waals surface area contributed by atoms with Crippen molar-refractivity contribution in [3.8, 4) is 0 Å². The molecule has 4 rings (SSSR count). The van der Waals surface area contributed by atoms with Gasteiger partial charge >= 0.3 is 0 Å². The molecular formula is C21H16F2N4OS. The third-order valence-electron chi connectivity index (χ3n) is 4.30. The van der Waals surface area contributed by atoms with Gasteiger partial charge in [0.15, 0.2) is 16.8 Å². The highest BCUT2D eigenvalue weighted by molar-refractivity contribution is 7.98. The van der Waals surface area contributed by atoms with Crippen LogP contribution in [0.2, 0.25) is 0 Å². The van der Waals surface area contributed by atoms with Crippen LogP contribution in [0.25, 0.3) is 11.0 Å². The van der Waals surface area contributed by atoms with Crippen LogP contribution in [0.15, 0.2) is 65.8 Å². The lowest BCUT2D eigenvalue weighted by Gasteiger charge is -2.08. The van der Waals surface area contributed by atoms with Crippen LogP contribution < -0.4 is 11.1 Å². The first-order valence-corrected chi connectivity index (χ1v) is 9.70. The number of aromatic nitrogens is 2. The van der Waals surface area contributed by atoms with Crippen molar-refractivity contribution in [3.63, 3.8) is 0 Å². The Morgan fingerprint density at radius 2 is 1.79 bits per heavy atom. The predicted molar refractivity (Wildman–Crippen MR) is 111 cm³/mol. The second-order valence-corrected chi connectivity index (χ2v) is 7.32. The molecule has 8 heteroatoms. The van der Waals surface area contributed by atoms with Crippen molar-refractivity contribution in [2.24, 2.45) is 0 Å². The molecule has 0 radical (unpaired) electrons. The molecule has 0 unspecified atom stereocenters. The lowest BCUT2D eigenvalue weighted by Crippen LogP contribution is -2.13. The highest BCUT2D eigenvalue weighted by Crippen LogP contribution is 2.25. The number of nitrogen functional groups attached to an aromatic ring is 1. The SMILES string of the molecule is Nc1ccccc1NC(=O)c1ccc(CSc2nc3cc(F)c(F)cc3[nH]2)cc1. The number of carbonyl (C=O) groups is 1. The number of halogens is 2. The largest absolute Gasteiger partial charge is 0.397 e. The number of H-pyrrole nitrogens is 1. The van der Waals surface area contributed by atoms with Crippen molar-refractivity contribution >= 4 is 40.1 Å². The van der Waals surface area contributed by atoms with Gasteiger partial charge in [-0.05, 0) is 29.8 Å². The Hall–Kier alpha value is -3.39. The molecule has 0 bridgehead atoms. The van der Waals surface area contributed by atoms with Gasteiger partial charge in [-0.2, -0.15) is 0 Å². The standard InChI is InChI=1S/C21H16F2N4OS/c22-14-9-18-19(10-15(14)23)27-21(26-18)29-11-12-5-7-13(8-6-12)20(28)25-17-4-2-1-3-16(17)24/h1-10H,11,24H2,(H,25,28)(H,26,27). The Balaban J connectivity index is 1.40. The van der Waals surface area contributed by atoms with Gasteiger partial charge in [0.1, 0.15) is 0 Å². The molecule has 0 aliphatic carbocycles. The molecule has 0 atom stereocenters. The lowest BCUT2D eigenvalue weighted by atomic mass is 10.1. The Morgan fingerprint density at radius 1 is 1.07 bits per heavy atom. The van der Waals surface area contributed by atoms with E-state index in [0.717, 1.165) is 17.7 Å². The number of carbonyl (C=O) groups excluding carboxylic acids is 1. The summed E-state index contributed by atoms with van der Waals surface area (Å²) in [7, 11) is 0. The van der Waals surface area contributed by atoms with E-state index in [1.165, 1.54) is 11.8 Å². The molecule has 4 N–H and O–H groups in total. The third kappa shape index (κ3) is 4.22. The average Bonchev–Trinajstić information content (AvgIpc) is 3.10. The molecule has 0 fully saturated rings. The van der Waals surface area contributed by atoms with Gasteiger partial charge in [-0.25, -0.2) is 13.8 Å². The van der Waals surface area contributed by atoms with Crippen molar-refractivity contribution in [2.45, 2.75) is 10.9 Å². The molecule has 0 spiro atoms. The van der Waals surface area contributed by atoms with Gasteiger partial charge in [0, 0.05) is 23.4 Å². The summed E-state index contributed by atoms with van der Waals surface area (Å²) in [4.78, 5) is 19.6. The summed E-state index contributed by atoms with van der Waals surface area (Å²) in [6, 6.07) is 16.4. The van der Waals surface area contributed by atoms with E-state index in [1.54, 1.807) is 36.4 Å². The van der Waals surface area contributed by atoms with Crippen LogP contribution in [0.4, 0.5) is 20.2 Å². The van der Waals surface area contributed by atoms with Crippen molar-refractivity contribution in [1.82, 2.24) is 9.97 Å². The molecule has 1 amide bonds. The van der Waals surface area contributed by atoms with E-state index in [9.17, 15) is 13.6 Å². The van der Waals surface area contributed by atoms with Gasteiger partial charge in [0.05, 0.1) is 22.4 Å². The molecular weight excluding hydrogens is 394 g/mol. The Morgan fingerprint density at radius 3 is 2.55 bits per heavy atom. The zero-order valence-corrected chi connectivity index (χ0v) is 15.9. The monoisotopic (exact) mass is 410 g/mol. The number of amides is 1. The van der Waals surface area contributed by atoms with E-state index in [4.69, 9.17) is 5.73 Å². The molecule has 0 saturated carbocycles. The maximum Gasteiger partial charge on any atom is 0.255 e. The minimum Gasteiger partial charge on any atom is -0.397 e. The molecule has 0 saturated heterocycles. The maximum absolute atomic E-state index is 13.3. The van der Waals surface area contributed by atoms with Crippen LogP contribution in [0.3, 0.4) is 0 Å². The van der Waals surface area contributed by atoms with Gasteiger partial charge < -0.3 is 16.0 Å². The maximum atomic E-state index is 13.3. The van der Waals surface area contributed by atoms with Gasteiger partial charge in [0.25, 0.3) is 5.91 Å². The summed E-state index contributed by atoms with van der Waals surface area (Å²) in [5.41, 5.74) is 9.21. The molecule has 29 heavy (non-hydrogen) atoms. The lowest BCUT2D eigenvalue weighted by molar-refractivity contribution is 0.102. The molecule has 1 heterocycles. The minimum atomic E-state index is -0.924. The van der Waals surface area contributed by atoms with E-state index in [-0.39, 0.29) is 5.91 Å². The first kappa shape index (κ1) is 18.9. The van der Waals surface area contributed by atoms with Crippen molar-refractivity contribution < 1.29 is 13.6 Å². The van der Waals surface area contributed by atoms with Crippen LogP contribution in [-0.2, 0) is 5.75 Å². The number of benzene rings is 3. The average molecular weight is 410 g/mol. The number of anilines is 2. The second kappa shape index (κ2) is 7.92. The number of hydrogen-bond donors (Lipinski definition) is 3. The van der Waals surface area contributed by atoms with E-state index in [0.29, 0.717) is 38.9 Å². The Kier molecular flexibility index (Phi) is 5.18. The Bertz CT molecular complexity index is 1150. The normalized spacial score (nSPS) is 11.0. The zero-order valence-electron chi connectivity index (χ0n) is 15.1. The summed E-state index contributed by atoms with van der Waals surface area (Å²) in [6.07, 6.45) is 0. The van der Waals surface area contributed by atoms with Crippen LogP contribution in [0.1, 0.15) is 15.9 Å². The zero-order chi connectivity index (χ0) is 20.4. The number of hydrogen-bond acceptors (Lipinski definition) is 4. The quantitative estimate of drug-likeness (QED) is 0.320. The fraction of sp³-hybridized carbons (Fsp3) is 0.0476. The number of fused-ring (bicyclic) bond motifs is 1. The highest BCUT2D eigenvalue weighted by Gasteiger charge is 2.10. The summed E-state index contributed by atoms with van der Waals surface area (Å²) in [6.45, 7) is 0. The first-order chi connectivity index (χ1) is 14.0. The van der Waals surface area contributed by atoms with Crippen LogP contribution in [0.5, 0.6) is 0 Å². The highest BCUT2D eigenvalue weighted by atomic mass is 32.2. The van der Waals surface area contributed by atoms with Crippen LogP contribution >= 0.6 is 11.8 Å². The minimum absolute atomic E-state index is 0.247. The van der Waals surface area contributed by atoms with E-state index < -0.39 is 11.6 Å². The van der Waals surface area contributed by atoms with E-state index in [1.807, 2.05) is 12.1 Å². The number of para-hydroxylation sites is 2. The number of imidazole rings is 1. The van der Waals surface area contributed by atoms with Gasteiger partial charge in [0.2, 0.25) is 0 Å². The molecule has 4 aromatic rings. The molecule has 146 valence electrons.